The van der Waals surface area contributed by atoms with Crippen molar-refractivity contribution in [2.75, 3.05) is 31.2 Å². The van der Waals surface area contributed by atoms with E-state index in [0.717, 1.165) is 37.7 Å². The van der Waals surface area contributed by atoms with Crippen molar-refractivity contribution in [2.45, 2.75) is 6.54 Å². The molecule has 1 aromatic carbocycles. The average molecular weight is 297 g/mol. The highest BCUT2D eigenvalue weighted by molar-refractivity contribution is 5.94. The summed E-state index contributed by atoms with van der Waals surface area (Å²) in [6, 6.07) is 13.6. The van der Waals surface area contributed by atoms with Gasteiger partial charge in [-0.15, -0.1) is 0 Å². The van der Waals surface area contributed by atoms with E-state index < -0.39 is 0 Å². The van der Waals surface area contributed by atoms with Gasteiger partial charge in [-0.1, -0.05) is 30.3 Å². The normalized spacial score (nSPS) is 14.6. The molecule has 0 aliphatic carbocycles. The van der Waals surface area contributed by atoms with Gasteiger partial charge in [-0.25, -0.2) is 4.98 Å². The molecule has 0 atom stereocenters. The van der Waals surface area contributed by atoms with E-state index in [4.69, 9.17) is 4.74 Å². The number of pyridine rings is 1. The van der Waals surface area contributed by atoms with Crippen LogP contribution in [0.3, 0.4) is 0 Å². The maximum atomic E-state index is 12.1. The van der Waals surface area contributed by atoms with Crippen molar-refractivity contribution in [1.82, 2.24) is 10.3 Å². The minimum Gasteiger partial charge on any atom is -0.378 e. The smallest absolute Gasteiger partial charge is 0.253 e. The number of carbonyl (C=O) groups is 1. The summed E-state index contributed by atoms with van der Waals surface area (Å²) < 4.78 is 5.32. The number of ether oxygens (including phenoxy) is 1. The molecule has 22 heavy (non-hydrogen) atoms. The molecule has 2 aromatic rings. The minimum absolute atomic E-state index is 0.107. The molecular formula is C17H19N3O2. The average Bonchev–Trinajstić information content (AvgIpc) is 2.61. The summed E-state index contributed by atoms with van der Waals surface area (Å²) >= 11 is 0. The molecule has 0 bridgehead atoms. The monoisotopic (exact) mass is 297 g/mol. The first-order valence-electron chi connectivity index (χ1n) is 7.44. The molecule has 1 fully saturated rings. The second-order valence-electron chi connectivity index (χ2n) is 5.17. The fourth-order valence-electron chi connectivity index (χ4n) is 2.38. The lowest BCUT2D eigenvalue weighted by atomic mass is 10.2. The number of hydrogen-bond acceptors (Lipinski definition) is 4. The van der Waals surface area contributed by atoms with Crippen LogP contribution in [0.25, 0.3) is 0 Å². The van der Waals surface area contributed by atoms with E-state index in [1.807, 2.05) is 42.5 Å². The molecule has 1 aromatic heterocycles. The Morgan fingerprint density at radius 2 is 1.91 bits per heavy atom. The van der Waals surface area contributed by atoms with E-state index >= 15 is 0 Å². The van der Waals surface area contributed by atoms with Gasteiger partial charge in [0.15, 0.2) is 0 Å². The highest BCUT2D eigenvalue weighted by atomic mass is 16.5. The molecular weight excluding hydrogens is 278 g/mol. The first-order valence-corrected chi connectivity index (χ1v) is 7.44. The summed E-state index contributed by atoms with van der Waals surface area (Å²) in [5.74, 6) is 0.785. The number of amides is 1. The van der Waals surface area contributed by atoms with Crippen molar-refractivity contribution in [3.63, 3.8) is 0 Å². The largest absolute Gasteiger partial charge is 0.378 e. The summed E-state index contributed by atoms with van der Waals surface area (Å²) in [7, 11) is 0. The molecule has 0 saturated carbocycles. The van der Waals surface area contributed by atoms with Crippen molar-refractivity contribution >= 4 is 11.7 Å². The summed E-state index contributed by atoms with van der Waals surface area (Å²) in [4.78, 5) is 18.7. The van der Waals surface area contributed by atoms with E-state index in [1.165, 1.54) is 0 Å². The number of nitrogens with one attached hydrogen (secondary N) is 1. The fourth-order valence-corrected chi connectivity index (χ4v) is 2.38. The van der Waals surface area contributed by atoms with Crippen LogP contribution in [-0.2, 0) is 11.3 Å². The third kappa shape index (κ3) is 3.62. The summed E-state index contributed by atoms with van der Waals surface area (Å²) in [5, 5.41) is 2.90. The number of morpholine rings is 1. The molecule has 0 spiro atoms. The number of anilines is 1. The van der Waals surface area contributed by atoms with Crippen LogP contribution in [0.4, 0.5) is 5.82 Å². The number of aromatic nitrogens is 1. The van der Waals surface area contributed by atoms with E-state index in [0.29, 0.717) is 12.1 Å². The lowest BCUT2D eigenvalue weighted by Gasteiger charge is -2.27. The van der Waals surface area contributed by atoms with E-state index in [1.54, 1.807) is 6.20 Å². The molecule has 1 aliphatic rings. The molecule has 1 aliphatic heterocycles. The van der Waals surface area contributed by atoms with Gasteiger partial charge in [0.2, 0.25) is 0 Å². The van der Waals surface area contributed by atoms with Gasteiger partial charge in [0.1, 0.15) is 5.82 Å². The second kappa shape index (κ2) is 7.04. The number of hydrogen-bond donors (Lipinski definition) is 1. The van der Waals surface area contributed by atoms with Crippen LogP contribution in [0.5, 0.6) is 0 Å². The first-order chi connectivity index (χ1) is 10.8. The molecule has 2 heterocycles. The molecule has 1 saturated heterocycles. The van der Waals surface area contributed by atoms with Crippen LogP contribution in [0.2, 0.25) is 0 Å². The Kier molecular flexibility index (Phi) is 4.65. The van der Waals surface area contributed by atoms with Gasteiger partial charge in [-0.2, -0.15) is 0 Å². The van der Waals surface area contributed by atoms with Crippen LogP contribution in [0.1, 0.15) is 15.9 Å². The van der Waals surface area contributed by atoms with E-state index in [2.05, 4.69) is 15.2 Å². The van der Waals surface area contributed by atoms with Gasteiger partial charge in [-0.05, 0) is 17.7 Å². The summed E-state index contributed by atoms with van der Waals surface area (Å²) in [6.07, 6.45) is 1.63. The van der Waals surface area contributed by atoms with Gasteiger partial charge >= 0.3 is 0 Å². The predicted octanol–water partition coefficient (Wildman–Crippen LogP) is 1.85. The Morgan fingerprint density at radius 3 is 2.59 bits per heavy atom. The maximum Gasteiger partial charge on any atom is 0.253 e. The van der Waals surface area contributed by atoms with Crippen LogP contribution in [0.15, 0.2) is 48.7 Å². The van der Waals surface area contributed by atoms with Gasteiger partial charge in [0.05, 0.1) is 18.8 Å². The Hall–Kier alpha value is -2.40. The van der Waals surface area contributed by atoms with Gasteiger partial charge in [-0.3, -0.25) is 4.79 Å². The second-order valence-corrected chi connectivity index (χ2v) is 5.17. The van der Waals surface area contributed by atoms with Crippen molar-refractivity contribution in [2.24, 2.45) is 0 Å². The molecule has 114 valence electrons. The molecule has 0 unspecified atom stereocenters. The molecule has 0 radical (unpaired) electrons. The summed E-state index contributed by atoms with van der Waals surface area (Å²) in [5.41, 5.74) is 1.65. The van der Waals surface area contributed by atoms with E-state index in [9.17, 15) is 4.79 Å². The van der Waals surface area contributed by atoms with E-state index in [-0.39, 0.29) is 5.91 Å². The van der Waals surface area contributed by atoms with Crippen molar-refractivity contribution in [3.8, 4) is 0 Å². The Bertz CT molecular complexity index is 608. The minimum atomic E-state index is -0.107. The Balaban J connectivity index is 1.58. The first kappa shape index (κ1) is 14.5. The molecule has 5 heteroatoms. The highest BCUT2D eigenvalue weighted by Gasteiger charge is 2.13. The maximum absolute atomic E-state index is 12.1. The van der Waals surface area contributed by atoms with Crippen LogP contribution in [0, 0.1) is 0 Å². The summed E-state index contributed by atoms with van der Waals surface area (Å²) in [6.45, 7) is 3.64. The molecule has 5 nitrogen and oxygen atoms in total. The number of carbonyl (C=O) groups excluding carboxylic acids is 1. The number of benzene rings is 1. The lowest BCUT2D eigenvalue weighted by Crippen LogP contribution is -2.36. The topological polar surface area (TPSA) is 54.5 Å². The van der Waals surface area contributed by atoms with Crippen LogP contribution >= 0.6 is 0 Å². The molecule has 1 amide bonds. The molecule has 1 N–H and O–H groups in total. The standard InChI is InChI=1S/C17H19N3O2/c21-17(19-12-14-4-2-1-3-5-14)15-6-7-16(18-13-15)20-8-10-22-11-9-20/h1-7,13H,8-12H2,(H,19,21). The fraction of sp³-hybridized carbons (Fsp3) is 0.294. The number of rotatable bonds is 4. The quantitative estimate of drug-likeness (QED) is 0.936. The van der Waals surface area contributed by atoms with Crippen LogP contribution < -0.4 is 10.2 Å². The van der Waals surface area contributed by atoms with Gasteiger partial charge < -0.3 is 15.0 Å². The van der Waals surface area contributed by atoms with Crippen molar-refractivity contribution in [3.05, 3.63) is 59.8 Å². The molecule has 3 rings (SSSR count). The SMILES string of the molecule is O=C(NCc1ccccc1)c1ccc(N2CCOCC2)nc1. The van der Waals surface area contributed by atoms with Gasteiger partial charge in [0.25, 0.3) is 5.91 Å². The van der Waals surface area contributed by atoms with Crippen LogP contribution in [-0.4, -0.2) is 37.2 Å². The van der Waals surface area contributed by atoms with Gasteiger partial charge in [0, 0.05) is 25.8 Å². The Labute approximate surface area is 129 Å². The Morgan fingerprint density at radius 1 is 1.14 bits per heavy atom. The number of nitrogens with zero attached hydrogens (tertiary/aromatic N) is 2. The van der Waals surface area contributed by atoms with Crippen molar-refractivity contribution in [1.29, 1.82) is 0 Å². The highest BCUT2D eigenvalue weighted by Crippen LogP contribution is 2.13. The lowest BCUT2D eigenvalue weighted by molar-refractivity contribution is 0.0950. The third-order valence-corrected chi connectivity index (χ3v) is 3.64. The van der Waals surface area contributed by atoms with Crippen molar-refractivity contribution < 1.29 is 9.53 Å². The zero-order valence-corrected chi connectivity index (χ0v) is 12.4. The predicted molar refractivity (Wildman–Crippen MR) is 84.9 cm³/mol. The third-order valence-electron chi connectivity index (χ3n) is 3.64. The zero-order valence-electron chi connectivity index (χ0n) is 12.4. The zero-order chi connectivity index (χ0) is 15.2.